The average molecular weight is 449 g/mol. The number of aromatic hydroxyl groups is 1. The van der Waals surface area contributed by atoms with Crippen molar-refractivity contribution in [3.8, 4) is 22.9 Å². The molecule has 0 unspecified atom stereocenters. The molecule has 0 aliphatic carbocycles. The fourth-order valence-electron chi connectivity index (χ4n) is 3.28. The predicted molar refractivity (Wildman–Crippen MR) is 121 cm³/mol. The molecule has 5 rings (SSSR count). The van der Waals surface area contributed by atoms with Gasteiger partial charge in [0.15, 0.2) is 11.9 Å². The van der Waals surface area contributed by atoms with Gasteiger partial charge in [0, 0.05) is 27.6 Å². The summed E-state index contributed by atoms with van der Waals surface area (Å²) in [6.45, 7) is 0. The molecule has 2 N–H and O–H groups in total. The molecule has 1 aromatic heterocycles. The van der Waals surface area contributed by atoms with E-state index >= 15 is 0 Å². The molecular formula is C23H17ClN4O2S. The predicted octanol–water partition coefficient (Wildman–Crippen LogP) is 5.69. The first-order chi connectivity index (χ1) is 15.2. The van der Waals surface area contributed by atoms with Crippen LogP contribution in [-0.2, 0) is 5.75 Å². The van der Waals surface area contributed by atoms with E-state index in [4.69, 9.17) is 16.3 Å². The summed E-state index contributed by atoms with van der Waals surface area (Å²) < 4.78 is 6.22. The summed E-state index contributed by atoms with van der Waals surface area (Å²) in [5.74, 6) is 1.24. The van der Waals surface area contributed by atoms with Crippen molar-refractivity contribution in [2.24, 2.45) is 0 Å². The number of benzene rings is 3. The molecule has 1 atom stereocenters. The second-order valence-corrected chi connectivity index (χ2v) is 8.33. The number of rotatable bonds is 4. The van der Waals surface area contributed by atoms with Crippen molar-refractivity contribution < 1.29 is 9.84 Å². The zero-order valence-corrected chi connectivity index (χ0v) is 17.8. The van der Waals surface area contributed by atoms with Gasteiger partial charge in [0.2, 0.25) is 11.0 Å². The number of halogens is 1. The van der Waals surface area contributed by atoms with Gasteiger partial charge in [-0.25, -0.2) is 0 Å². The lowest BCUT2D eigenvalue weighted by molar-refractivity contribution is 0.225. The van der Waals surface area contributed by atoms with Crippen molar-refractivity contribution in [3.05, 3.63) is 88.9 Å². The summed E-state index contributed by atoms with van der Waals surface area (Å²) in [5, 5.41) is 23.2. The first-order valence-corrected chi connectivity index (χ1v) is 11.0. The Morgan fingerprint density at radius 2 is 1.84 bits per heavy atom. The van der Waals surface area contributed by atoms with Crippen molar-refractivity contribution >= 4 is 29.1 Å². The molecule has 8 heteroatoms. The maximum Gasteiger partial charge on any atom is 0.247 e. The summed E-state index contributed by atoms with van der Waals surface area (Å²) in [5.41, 5.74) is 4.17. The van der Waals surface area contributed by atoms with Gasteiger partial charge in [-0.05, 0) is 35.9 Å². The van der Waals surface area contributed by atoms with Crippen LogP contribution in [0.2, 0.25) is 5.02 Å². The maximum atomic E-state index is 9.91. The van der Waals surface area contributed by atoms with Crippen LogP contribution in [0.15, 0.2) is 78.0 Å². The Bertz CT molecular complexity index is 1240. The van der Waals surface area contributed by atoms with Crippen LogP contribution in [0.4, 0.5) is 5.69 Å². The topological polar surface area (TPSA) is 80.2 Å². The van der Waals surface area contributed by atoms with E-state index in [1.54, 1.807) is 18.2 Å². The number of para-hydroxylation sites is 1. The molecule has 0 fully saturated rings. The maximum absolute atomic E-state index is 9.91. The Balaban J connectivity index is 1.48. The van der Waals surface area contributed by atoms with Crippen LogP contribution in [0, 0.1) is 0 Å². The summed E-state index contributed by atoms with van der Waals surface area (Å²) in [7, 11) is 0. The summed E-state index contributed by atoms with van der Waals surface area (Å²) in [6, 6.07) is 22.4. The fraction of sp³-hybridized carbons (Fsp3) is 0.0870. The molecule has 0 spiro atoms. The second kappa shape index (κ2) is 8.45. The highest BCUT2D eigenvalue weighted by atomic mass is 35.5. The first kappa shape index (κ1) is 19.7. The lowest BCUT2D eigenvalue weighted by Gasteiger charge is -2.19. The van der Waals surface area contributed by atoms with Crippen LogP contribution in [0.3, 0.4) is 0 Å². The van der Waals surface area contributed by atoms with Crippen LogP contribution in [-0.4, -0.2) is 20.3 Å². The molecule has 154 valence electrons. The molecular weight excluding hydrogens is 432 g/mol. The molecule has 6 nitrogen and oxygen atoms in total. The van der Waals surface area contributed by atoms with E-state index in [9.17, 15) is 5.11 Å². The zero-order valence-electron chi connectivity index (χ0n) is 16.2. The van der Waals surface area contributed by atoms with Gasteiger partial charge in [-0.15, -0.1) is 10.2 Å². The van der Waals surface area contributed by atoms with Gasteiger partial charge in [-0.3, -0.25) is 0 Å². The number of anilines is 1. The Hall–Kier alpha value is -3.29. The zero-order chi connectivity index (χ0) is 21.2. The van der Waals surface area contributed by atoms with Crippen LogP contribution >= 0.6 is 23.4 Å². The third kappa shape index (κ3) is 4.28. The van der Waals surface area contributed by atoms with Crippen molar-refractivity contribution in [2.45, 2.75) is 17.1 Å². The smallest absolute Gasteiger partial charge is 0.247 e. The highest BCUT2D eigenvalue weighted by Gasteiger charge is 2.26. The monoisotopic (exact) mass is 448 g/mol. The summed E-state index contributed by atoms with van der Waals surface area (Å²) >= 11 is 7.43. The van der Waals surface area contributed by atoms with E-state index in [0.29, 0.717) is 27.5 Å². The van der Waals surface area contributed by atoms with Crippen molar-refractivity contribution in [3.63, 3.8) is 0 Å². The minimum atomic E-state index is -0.541. The number of phenols is 1. The van der Waals surface area contributed by atoms with Crippen molar-refractivity contribution in [1.29, 1.82) is 0 Å². The summed E-state index contributed by atoms with van der Waals surface area (Å²) in [6.07, 6.45) is -0.541. The molecule has 0 saturated heterocycles. The van der Waals surface area contributed by atoms with E-state index in [2.05, 4.69) is 20.5 Å². The molecule has 3 aromatic carbocycles. The normalized spacial score (nSPS) is 14.5. The number of phenolic OH excluding ortho intramolecular Hbond substituents is 1. The van der Waals surface area contributed by atoms with Gasteiger partial charge in [-0.2, -0.15) is 4.98 Å². The molecule has 0 radical (unpaired) electrons. The molecule has 31 heavy (non-hydrogen) atoms. The Morgan fingerprint density at radius 3 is 2.68 bits per heavy atom. The Labute approximate surface area is 188 Å². The molecule has 1 aliphatic rings. The lowest BCUT2D eigenvalue weighted by atomic mass is 10.1. The molecule has 4 aromatic rings. The minimum Gasteiger partial charge on any atom is -0.508 e. The van der Waals surface area contributed by atoms with Crippen molar-refractivity contribution in [2.75, 3.05) is 5.32 Å². The van der Waals surface area contributed by atoms with Crippen LogP contribution in [0.1, 0.15) is 17.4 Å². The standard InChI is InChI=1S/C23H17ClN4O2S/c24-16-10-8-14(9-11-16)13-31-23-26-22-20(27-28-23)18-6-1-2-7-19(18)25-21(30-22)15-4-3-5-17(29)12-15/h1-12,21,25,29H,13H2/t21-/m1/s1. The average Bonchev–Trinajstić information content (AvgIpc) is 2.95. The number of hydrogen-bond acceptors (Lipinski definition) is 7. The molecule has 0 bridgehead atoms. The highest BCUT2D eigenvalue weighted by Crippen LogP contribution is 2.39. The van der Waals surface area contributed by atoms with Gasteiger partial charge in [0.25, 0.3) is 0 Å². The molecule has 0 saturated carbocycles. The van der Waals surface area contributed by atoms with E-state index in [1.165, 1.54) is 11.8 Å². The van der Waals surface area contributed by atoms with E-state index in [0.717, 1.165) is 22.4 Å². The van der Waals surface area contributed by atoms with Gasteiger partial charge in [0.05, 0.1) is 0 Å². The molecule has 0 amide bonds. The Kier molecular flexibility index (Phi) is 5.36. The summed E-state index contributed by atoms with van der Waals surface area (Å²) in [4.78, 5) is 4.64. The first-order valence-electron chi connectivity index (χ1n) is 9.59. The molecule has 2 heterocycles. The number of fused-ring (bicyclic) bond motifs is 3. The highest BCUT2D eigenvalue weighted by molar-refractivity contribution is 7.98. The number of ether oxygens (including phenoxy) is 1. The van der Waals surface area contributed by atoms with Crippen LogP contribution in [0.5, 0.6) is 11.6 Å². The number of nitrogens with one attached hydrogen (secondary N) is 1. The lowest BCUT2D eigenvalue weighted by Crippen LogP contribution is -2.17. The number of thioether (sulfide) groups is 1. The number of hydrogen-bond donors (Lipinski definition) is 2. The quantitative estimate of drug-likeness (QED) is 0.388. The SMILES string of the molecule is Oc1cccc([C@@H]2Nc3ccccc3-c3nnc(SCc4ccc(Cl)cc4)nc3O2)c1. The third-order valence-corrected chi connectivity index (χ3v) is 5.95. The second-order valence-electron chi connectivity index (χ2n) is 6.95. The van der Waals surface area contributed by atoms with E-state index in [1.807, 2.05) is 54.6 Å². The molecule has 1 aliphatic heterocycles. The van der Waals surface area contributed by atoms with Gasteiger partial charge in [0.1, 0.15) is 5.75 Å². The van der Waals surface area contributed by atoms with E-state index < -0.39 is 6.23 Å². The number of aromatic nitrogens is 3. The third-order valence-electron chi connectivity index (χ3n) is 4.79. The Morgan fingerprint density at radius 1 is 1.00 bits per heavy atom. The largest absolute Gasteiger partial charge is 0.508 e. The van der Waals surface area contributed by atoms with E-state index in [-0.39, 0.29) is 5.75 Å². The van der Waals surface area contributed by atoms with Crippen molar-refractivity contribution in [1.82, 2.24) is 15.2 Å². The van der Waals surface area contributed by atoms with Crippen LogP contribution < -0.4 is 10.1 Å². The van der Waals surface area contributed by atoms with Gasteiger partial charge >= 0.3 is 0 Å². The minimum absolute atomic E-state index is 0.167. The van der Waals surface area contributed by atoms with Gasteiger partial charge in [-0.1, -0.05) is 65.8 Å². The van der Waals surface area contributed by atoms with Gasteiger partial charge < -0.3 is 15.2 Å². The van der Waals surface area contributed by atoms with Crippen LogP contribution in [0.25, 0.3) is 11.3 Å². The number of nitrogens with zero attached hydrogens (tertiary/aromatic N) is 3. The fourth-order valence-corrected chi connectivity index (χ4v) is 4.14.